The van der Waals surface area contributed by atoms with Crippen LogP contribution in [0.2, 0.25) is 0 Å². The maximum atomic E-state index is 13.0. The summed E-state index contributed by atoms with van der Waals surface area (Å²) in [4.78, 5) is 19.4. The van der Waals surface area contributed by atoms with Gasteiger partial charge >= 0.3 is 0 Å². The van der Waals surface area contributed by atoms with Gasteiger partial charge in [-0.3, -0.25) is 9.69 Å². The van der Waals surface area contributed by atoms with Gasteiger partial charge in [0.1, 0.15) is 11.4 Å². The highest BCUT2D eigenvalue weighted by atomic mass is 32.2. The third-order valence-corrected chi connectivity index (χ3v) is 4.81. The molecule has 5 heteroatoms. The Morgan fingerprint density at radius 1 is 1.12 bits per heavy atom. The van der Waals surface area contributed by atoms with Gasteiger partial charge in [-0.1, -0.05) is 36.9 Å². The predicted molar refractivity (Wildman–Crippen MR) is 110 cm³/mol. The summed E-state index contributed by atoms with van der Waals surface area (Å²) >= 11 is 1.57. The predicted octanol–water partition coefficient (Wildman–Crippen LogP) is 4.81. The van der Waals surface area contributed by atoms with E-state index in [2.05, 4.69) is 18.0 Å². The first-order valence-electron chi connectivity index (χ1n) is 8.52. The first-order chi connectivity index (χ1) is 12.5. The minimum absolute atomic E-state index is 0.0956. The van der Waals surface area contributed by atoms with Gasteiger partial charge < -0.3 is 4.74 Å². The fraction of sp³-hybridized carbons (Fsp3) is 0.238. The Labute approximate surface area is 158 Å². The maximum absolute atomic E-state index is 13.0. The molecule has 0 atom stereocenters. The number of nitrogens with zero attached hydrogens (tertiary/aromatic N) is 2. The number of ether oxygens (including phenoxy) is 1. The molecule has 0 aromatic heterocycles. The van der Waals surface area contributed by atoms with Crippen LogP contribution in [-0.4, -0.2) is 23.9 Å². The molecule has 134 valence electrons. The topological polar surface area (TPSA) is 41.9 Å². The molecule has 2 aromatic rings. The summed E-state index contributed by atoms with van der Waals surface area (Å²) in [5, 5.41) is 0.724. The van der Waals surface area contributed by atoms with Gasteiger partial charge in [-0.05, 0) is 66.6 Å². The van der Waals surface area contributed by atoms with Crippen molar-refractivity contribution in [2.75, 3.05) is 17.8 Å². The molecule has 26 heavy (non-hydrogen) atoms. The van der Waals surface area contributed by atoms with Crippen molar-refractivity contribution in [3.8, 4) is 5.75 Å². The Morgan fingerprint density at radius 2 is 1.77 bits per heavy atom. The number of carbonyl (C=O) groups excluding carboxylic acids is 1. The van der Waals surface area contributed by atoms with Crippen LogP contribution in [0.5, 0.6) is 5.75 Å². The Bertz CT molecular complexity index is 865. The number of thioether (sulfide) groups is 1. The van der Waals surface area contributed by atoms with E-state index in [1.54, 1.807) is 23.8 Å². The quantitative estimate of drug-likeness (QED) is 0.729. The first-order valence-corrected chi connectivity index (χ1v) is 9.50. The molecule has 0 saturated carbocycles. The van der Waals surface area contributed by atoms with Crippen molar-refractivity contribution < 1.29 is 9.53 Å². The van der Waals surface area contributed by atoms with Gasteiger partial charge in [0.25, 0.3) is 5.91 Å². The van der Waals surface area contributed by atoms with Crippen molar-refractivity contribution in [3.05, 3.63) is 64.9 Å². The lowest BCUT2D eigenvalue weighted by atomic mass is 10.1. The van der Waals surface area contributed by atoms with E-state index in [9.17, 15) is 4.79 Å². The van der Waals surface area contributed by atoms with Gasteiger partial charge in [0.05, 0.1) is 12.8 Å². The molecule has 2 aromatic carbocycles. The lowest BCUT2D eigenvalue weighted by Gasteiger charge is -2.18. The van der Waals surface area contributed by atoms with E-state index in [0.29, 0.717) is 5.70 Å². The molecular formula is C21H22N2O2S. The summed E-state index contributed by atoms with van der Waals surface area (Å²) in [6.45, 7) is 6.13. The molecule has 3 rings (SSSR count). The molecule has 0 aliphatic carbocycles. The van der Waals surface area contributed by atoms with E-state index in [1.807, 2.05) is 56.3 Å². The van der Waals surface area contributed by atoms with Gasteiger partial charge in [-0.2, -0.15) is 0 Å². The van der Waals surface area contributed by atoms with Gasteiger partial charge in [-0.25, -0.2) is 4.99 Å². The van der Waals surface area contributed by atoms with Gasteiger partial charge in [0.15, 0.2) is 5.17 Å². The zero-order valence-corrected chi connectivity index (χ0v) is 16.3. The van der Waals surface area contributed by atoms with E-state index < -0.39 is 0 Å². The zero-order chi connectivity index (χ0) is 18.7. The van der Waals surface area contributed by atoms with Crippen molar-refractivity contribution in [2.45, 2.75) is 20.8 Å². The van der Waals surface area contributed by atoms with Crippen LogP contribution in [-0.2, 0) is 4.79 Å². The maximum Gasteiger partial charge on any atom is 0.283 e. The van der Waals surface area contributed by atoms with Crippen molar-refractivity contribution in [1.29, 1.82) is 0 Å². The third-order valence-electron chi connectivity index (χ3n) is 3.99. The summed E-state index contributed by atoms with van der Waals surface area (Å²) in [5.74, 6) is 1.54. The number of hydrogen-bond donors (Lipinski definition) is 0. The van der Waals surface area contributed by atoms with E-state index in [4.69, 9.17) is 4.74 Å². The van der Waals surface area contributed by atoms with E-state index >= 15 is 0 Å². The second kappa shape index (κ2) is 7.79. The molecule has 0 radical (unpaired) electrons. The number of hydrogen-bond acceptors (Lipinski definition) is 4. The number of methoxy groups -OCH3 is 1. The Kier molecular flexibility index (Phi) is 5.47. The normalized spacial score (nSPS) is 15.5. The first kappa shape index (κ1) is 18.3. The van der Waals surface area contributed by atoms with Crippen LogP contribution in [0.1, 0.15) is 23.6 Å². The molecule has 4 nitrogen and oxygen atoms in total. The van der Waals surface area contributed by atoms with Crippen LogP contribution in [0.25, 0.3) is 6.08 Å². The average molecular weight is 366 g/mol. The summed E-state index contributed by atoms with van der Waals surface area (Å²) in [6, 6.07) is 13.7. The minimum Gasteiger partial charge on any atom is -0.497 e. The lowest BCUT2D eigenvalue weighted by molar-refractivity contribution is -0.113. The smallest absolute Gasteiger partial charge is 0.283 e. The highest BCUT2D eigenvalue weighted by Crippen LogP contribution is 2.30. The number of amidine groups is 1. The van der Waals surface area contributed by atoms with Crippen molar-refractivity contribution in [2.24, 2.45) is 4.99 Å². The van der Waals surface area contributed by atoms with Gasteiger partial charge in [-0.15, -0.1) is 0 Å². The third kappa shape index (κ3) is 3.83. The minimum atomic E-state index is -0.0956. The average Bonchev–Trinajstić information content (AvgIpc) is 2.90. The number of anilines is 1. The molecule has 1 heterocycles. The molecule has 0 saturated heterocycles. The number of aryl methyl sites for hydroxylation is 2. The monoisotopic (exact) mass is 366 g/mol. The molecular weight excluding hydrogens is 344 g/mol. The zero-order valence-electron chi connectivity index (χ0n) is 15.4. The van der Waals surface area contributed by atoms with Crippen LogP contribution < -0.4 is 9.64 Å². The molecule has 0 N–H and O–H groups in total. The highest BCUT2D eigenvalue weighted by molar-refractivity contribution is 8.14. The van der Waals surface area contributed by atoms with E-state index in [1.165, 1.54) is 0 Å². The molecule has 0 spiro atoms. The molecule has 0 fully saturated rings. The van der Waals surface area contributed by atoms with Crippen molar-refractivity contribution in [3.63, 3.8) is 0 Å². The van der Waals surface area contributed by atoms with Crippen LogP contribution in [0.4, 0.5) is 5.69 Å². The van der Waals surface area contributed by atoms with Crippen LogP contribution in [0.3, 0.4) is 0 Å². The molecule has 1 aliphatic rings. The second-order valence-corrected chi connectivity index (χ2v) is 7.35. The number of benzene rings is 2. The molecule has 1 aliphatic heterocycles. The number of carbonyl (C=O) groups is 1. The van der Waals surface area contributed by atoms with E-state index in [0.717, 1.165) is 39.0 Å². The summed E-state index contributed by atoms with van der Waals surface area (Å²) in [6.07, 6.45) is 1.82. The van der Waals surface area contributed by atoms with Crippen molar-refractivity contribution >= 4 is 34.6 Å². The van der Waals surface area contributed by atoms with Crippen LogP contribution >= 0.6 is 11.8 Å². The Morgan fingerprint density at radius 3 is 2.35 bits per heavy atom. The summed E-state index contributed by atoms with van der Waals surface area (Å²) < 4.78 is 5.18. The van der Waals surface area contributed by atoms with Gasteiger partial charge in [0, 0.05) is 0 Å². The number of rotatable bonds is 4. The SMILES string of the molecule is CCSC1=NC(=Cc2ccc(OC)cc2)C(=O)N1c1cc(C)cc(C)c1. The Balaban J connectivity index is 1.98. The van der Waals surface area contributed by atoms with Crippen LogP contribution in [0.15, 0.2) is 53.2 Å². The van der Waals surface area contributed by atoms with E-state index in [-0.39, 0.29) is 5.91 Å². The highest BCUT2D eigenvalue weighted by Gasteiger charge is 2.31. The molecule has 1 amide bonds. The Hall–Kier alpha value is -2.53. The largest absolute Gasteiger partial charge is 0.497 e. The standard InChI is InChI=1S/C21H22N2O2S/c1-5-26-21-22-19(13-16-6-8-18(25-4)9-7-16)20(24)23(21)17-11-14(2)10-15(3)12-17/h6-13H,5H2,1-4H3. The van der Waals surface area contributed by atoms with Crippen LogP contribution in [0, 0.1) is 13.8 Å². The summed E-state index contributed by atoms with van der Waals surface area (Å²) in [7, 11) is 1.63. The fourth-order valence-corrected chi connectivity index (χ4v) is 3.63. The lowest BCUT2D eigenvalue weighted by Crippen LogP contribution is -2.30. The molecule has 0 unspecified atom stereocenters. The fourth-order valence-electron chi connectivity index (χ4n) is 2.89. The molecule has 0 bridgehead atoms. The number of amides is 1. The second-order valence-electron chi connectivity index (χ2n) is 6.12. The van der Waals surface area contributed by atoms with Crippen molar-refractivity contribution in [1.82, 2.24) is 0 Å². The summed E-state index contributed by atoms with van der Waals surface area (Å²) in [5.41, 5.74) is 4.49. The van der Waals surface area contributed by atoms with Gasteiger partial charge in [0.2, 0.25) is 0 Å². The number of aliphatic imine (C=N–C) groups is 1.